The molecule has 1 heteroatoms. The number of methoxy groups -OCH3 is 1. The van der Waals surface area contributed by atoms with E-state index in [-0.39, 0.29) is 0 Å². The molecule has 0 N–H and O–H groups in total. The van der Waals surface area contributed by atoms with Crippen LogP contribution in [0.4, 0.5) is 0 Å². The van der Waals surface area contributed by atoms with Gasteiger partial charge in [-0.2, -0.15) is 0 Å². The van der Waals surface area contributed by atoms with Crippen molar-refractivity contribution in [2.45, 2.75) is 99.0 Å². The molecule has 4 aliphatic rings. The lowest BCUT2D eigenvalue weighted by molar-refractivity contribution is -0.0572. The van der Waals surface area contributed by atoms with E-state index in [0.29, 0.717) is 22.9 Å². The lowest BCUT2D eigenvalue weighted by atomic mass is 9.47. The first kappa shape index (κ1) is 22.6. The van der Waals surface area contributed by atoms with Crippen LogP contribution in [-0.2, 0) is 4.74 Å². The lowest BCUT2D eigenvalue weighted by Gasteiger charge is -2.58. The van der Waals surface area contributed by atoms with E-state index in [4.69, 9.17) is 4.74 Å². The third-order valence-electron chi connectivity index (χ3n) is 10.9. The Labute approximate surface area is 187 Å². The van der Waals surface area contributed by atoms with E-state index >= 15 is 0 Å². The maximum absolute atomic E-state index is 5.75. The third-order valence-corrected chi connectivity index (χ3v) is 10.9. The largest absolute Gasteiger partial charge is 0.381 e. The average Bonchev–Trinajstić information content (AvgIpc) is 3.08. The van der Waals surface area contributed by atoms with Crippen LogP contribution < -0.4 is 0 Å². The van der Waals surface area contributed by atoms with Crippen molar-refractivity contribution >= 4 is 0 Å². The summed E-state index contributed by atoms with van der Waals surface area (Å²) in [6.45, 7) is 14.9. The highest BCUT2D eigenvalue weighted by Gasteiger charge is 2.59. The van der Waals surface area contributed by atoms with Gasteiger partial charge in [-0.15, -0.1) is 0 Å². The van der Waals surface area contributed by atoms with Crippen LogP contribution in [0.15, 0.2) is 23.8 Å². The highest BCUT2D eigenvalue weighted by molar-refractivity contribution is 5.25. The Kier molecular flexibility index (Phi) is 6.35. The second kappa shape index (κ2) is 8.42. The summed E-state index contributed by atoms with van der Waals surface area (Å²) >= 11 is 0. The number of fused-ring (bicyclic) bond motifs is 5. The summed E-state index contributed by atoms with van der Waals surface area (Å²) in [6.07, 6.45) is 19.2. The molecule has 170 valence electrons. The fourth-order valence-corrected chi connectivity index (χ4v) is 8.44. The maximum Gasteiger partial charge on any atom is 0.0608 e. The van der Waals surface area contributed by atoms with Crippen molar-refractivity contribution < 1.29 is 4.74 Å². The molecular formula is C29H48O. The van der Waals surface area contributed by atoms with Gasteiger partial charge in [0.25, 0.3) is 0 Å². The second-order valence-electron chi connectivity index (χ2n) is 12.4. The summed E-state index contributed by atoms with van der Waals surface area (Å²) in [4.78, 5) is 0. The van der Waals surface area contributed by atoms with Gasteiger partial charge in [0.15, 0.2) is 0 Å². The average molecular weight is 413 g/mol. The molecule has 3 fully saturated rings. The fourth-order valence-electron chi connectivity index (χ4n) is 8.44. The normalized spacial score (nSPS) is 45.6. The number of hydrogen-bond acceptors (Lipinski definition) is 1. The van der Waals surface area contributed by atoms with Crippen molar-refractivity contribution in [3.05, 3.63) is 23.8 Å². The third kappa shape index (κ3) is 3.66. The Morgan fingerprint density at radius 1 is 0.967 bits per heavy atom. The minimum atomic E-state index is 0.454. The molecule has 0 bridgehead atoms. The number of allylic oxidation sites excluding steroid dienone is 3. The first-order valence-electron chi connectivity index (χ1n) is 13.1. The van der Waals surface area contributed by atoms with E-state index in [2.05, 4.69) is 59.8 Å². The molecule has 0 aromatic rings. The standard InChI is InChI=1S/C29H48O/c1-19(2)20(3)8-9-21(4)25-12-13-26-24-11-10-22-18-23(30-7)14-16-28(22,5)27(24)15-17-29(25,26)6/h8-10,19-21,23-27H,11-18H2,1-7H3/b9-8+. The van der Waals surface area contributed by atoms with Gasteiger partial charge in [-0.1, -0.05) is 65.3 Å². The highest BCUT2D eigenvalue weighted by atomic mass is 16.5. The van der Waals surface area contributed by atoms with E-state index in [1.54, 1.807) is 5.57 Å². The SMILES string of the molecule is COC1CCC2(C)C(=CCC3C2CCC2(C)C(C(C)/C=C/C(C)C(C)C)CCC32)C1. The maximum atomic E-state index is 5.75. The van der Waals surface area contributed by atoms with Crippen molar-refractivity contribution in [2.24, 2.45) is 52.3 Å². The molecule has 30 heavy (non-hydrogen) atoms. The minimum absolute atomic E-state index is 0.454. The molecule has 0 saturated heterocycles. The summed E-state index contributed by atoms with van der Waals surface area (Å²) in [5, 5.41) is 0. The first-order valence-corrected chi connectivity index (χ1v) is 13.1. The molecule has 9 unspecified atom stereocenters. The van der Waals surface area contributed by atoms with E-state index in [1.165, 1.54) is 51.4 Å². The van der Waals surface area contributed by atoms with Gasteiger partial charge in [-0.25, -0.2) is 0 Å². The van der Waals surface area contributed by atoms with Gasteiger partial charge in [0.2, 0.25) is 0 Å². The molecule has 4 rings (SSSR count). The van der Waals surface area contributed by atoms with Gasteiger partial charge in [0.05, 0.1) is 6.10 Å². The molecule has 4 aliphatic carbocycles. The number of rotatable bonds is 5. The smallest absolute Gasteiger partial charge is 0.0608 e. The van der Waals surface area contributed by atoms with Gasteiger partial charge in [0, 0.05) is 7.11 Å². The highest BCUT2D eigenvalue weighted by Crippen LogP contribution is 2.67. The summed E-state index contributed by atoms with van der Waals surface area (Å²) < 4.78 is 5.75. The van der Waals surface area contributed by atoms with Crippen molar-refractivity contribution in [2.75, 3.05) is 7.11 Å². The zero-order valence-corrected chi connectivity index (χ0v) is 20.9. The Morgan fingerprint density at radius 2 is 1.73 bits per heavy atom. The number of ether oxygens (including phenoxy) is 1. The molecule has 0 spiro atoms. The second-order valence-corrected chi connectivity index (χ2v) is 12.4. The molecule has 0 amide bonds. The quantitative estimate of drug-likeness (QED) is 0.415. The minimum Gasteiger partial charge on any atom is -0.381 e. The molecule has 9 atom stereocenters. The van der Waals surface area contributed by atoms with E-state index in [1.807, 2.05) is 7.11 Å². The Morgan fingerprint density at radius 3 is 2.43 bits per heavy atom. The van der Waals surface area contributed by atoms with Crippen LogP contribution in [-0.4, -0.2) is 13.2 Å². The molecule has 3 saturated carbocycles. The monoisotopic (exact) mass is 412 g/mol. The lowest BCUT2D eigenvalue weighted by Crippen LogP contribution is -2.50. The Hall–Kier alpha value is -0.560. The molecule has 1 nitrogen and oxygen atoms in total. The van der Waals surface area contributed by atoms with Crippen LogP contribution in [0, 0.1) is 52.3 Å². The Balaban J connectivity index is 1.52. The van der Waals surface area contributed by atoms with E-state index in [9.17, 15) is 0 Å². The molecule has 0 aromatic heterocycles. The van der Waals surface area contributed by atoms with Crippen LogP contribution in [0.3, 0.4) is 0 Å². The van der Waals surface area contributed by atoms with Crippen molar-refractivity contribution in [1.29, 1.82) is 0 Å². The van der Waals surface area contributed by atoms with Crippen LogP contribution in [0.2, 0.25) is 0 Å². The van der Waals surface area contributed by atoms with Crippen molar-refractivity contribution in [3.8, 4) is 0 Å². The van der Waals surface area contributed by atoms with Crippen LogP contribution >= 0.6 is 0 Å². The first-order chi connectivity index (χ1) is 14.2. The zero-order chi connectivity index (χ0) is 21.7. The molecule has 0 radical (unpaired) electrons. The molecule has 0 aliphatic heterocycles. The molecule has 0 heterocycles. The zero-order valence-electron chi connectivity index (χ0n) is 20.9. The number of hydrogen-bond donors (Lipinski definition) is 0. The summed E-state index contributed by atoms with van der Waals surface area (Å²) in [5.41, 5.74) is 2.76. The predicted molar refractivity (Wildman–Crippen MR) is 128 cm³/mol. The van der Waals surface area contributed by atoms with E-state index < -0.39 is 0 Å². The van der Waals surface area contributed by atoms with Gasteiger partial charge >= 0.3 is 0 Å². The summed E-state index contributed by atoms with van der Waals surface area (Å²) in [7, 11) is 1.90. The van der Waals surface area contributed by atoms with Crippen LogP contribution in [0.1, 0.15) is 92.9 Å². The van der Waals surface area contributed by atoms with E-state index in [0.717, 1.165) is 35.5 Å². The van der Waals surface area contributed by atoms with Gasteiger partial charge in [-0.3, -0.25) is 0 Å². The predicted octanol–water partition coefficient (Wildman–Crippen LogP) is 8.06. The van der Waals surface area contributed by atoms with Crippen LogP contribution in [0.5, 0.6) is 0 Å². The van der Waals surface area contributed by atoms with Crippen molar-refractivity contribution in [3.63, 3.8) is 0 Å². The summed E-state index contributed by atoms with van der Waals surface area (Å²) in [6, 6.07) is 0. The molecular weight excluding hydrogens is 364 g/mol. The van der Waals surface area contributed by atoms with Gasteiger partial charge in [0.1, 0.15) is 0 Å². The van der Waals surface area contributed by atoms with Crippen LogP contribution in [0.25, 0.3) is 0 Å². The van der Waals surface area contributed by atoms with Crippen molar-refractivity contribution in [1.82, 2.24) is 0 Å². The topological polar surface area (TPSA) is 9.23 Å². The van der Waals surface area contributed by atoms with Gasteiger partial charge in [-0.05, 0) is 104 Å². The molecule has 0 aromatic carbocycles. The Bertz CT molecular complexity index is 674. The van der Waals surface area contributed by atoms with Gasteiger partial charge < -0.3 is 4.74 Å². The summed E-state index contributed by atoms with van der Waals surface area (Å²) in [5.74, 6) is 5.81. The fraction of sp³-hybridized carbons (Fsp3) is 0.862.